The quantitative estimate of drug-likeness (QED) is 0.890. The lowest BCUT2D eigenvalue weighted by Gasteiger charge is -2.36. The molecule has 1 saturated heterocycles. The van der Waals surface area contributed by atoms with E-state index in [9.17, 15) is 14.6 Å². The van der Waals surface area contributed by atoms with Gasteiger partial charge in [0, 0.05) is 19.6 Å². The average molecular weight is 281 g/mol. The average Bonchev–Trinajstić information content (AvgIpc) is 2.40. The minimum Gasteiger partial charge on any atom is -0.390 e. The number of aliphatic hydroxyl groups excluding tert-OH is 1. The van der Waals surface area contributed by atoms with Crippen molar-refractivity contribution in [2.75, 3.05) is 19.6 Å². The molecule has 3 nitrogen and oxygen atoms in total. The number of aliphatic hydroxyl groups is 2. The van der Waals surface area contributed by atoms with E-state index >= 15 is 0 Å². The van der Waals surface area contributed by atoms with Crippen LogP contribution in [0.25, 0.3) is 0 Å². The molecule has 0 aromatic heterocycles. The van der Waals surface area contributed by atoms with Crippen LogP contribution in [0.3, 0.4) is 0 Å². The maximum atomic E-state index is 13.5. The van der Waals surface area contributed by atoms with Gasteiger partial charge in [0.15, 0.2) is 0 Å². The van der Waals surface area contributed by atoms with Gasteiger partial charge in [-0.05, 0) is 50.3 Å². The lowest BCUT2D eigenvalue weighted by Crippen LogP contribution is -2.42. The van der Waals surface area contributed by atoms with E-state index in [1.165, 1.54) is 6.07 Å². The van der Waals surface area contributed by atoms with E-state index in [1.807, 2.05) is 6.92 Å². The molecule has 0 radical (unpaired) electrons. The zero-order valence-corrected chi connectivity index (χ0v) is 12.3. The fraction of sp³-hybridized carbons (Fsp3) is 0.625. The Balaban J connectivity index is 1.83. The Bertz CT molecular complexity index is 452. The van der Waals surface area contributed by atoms with Crippen LogP contribution in [0.4, 0.5) is 4.39 Å². The topological polar surface area (TPSA) is 43.7 Å². The van der Waals surface area contributed by atoms with Crippen molar-refractivity contribution < 1.29 is 14.6 Å². The second-order valence-electron chi connectivity index (χ2n) is 6.15. The zero-order valence-electron chi connectivity index (χ0n) is 12.3. The molecule has 1 heterocycles. The van der Waals surface area contributed by atoms with E-state index in [1.54, 1.807) is 19.1 Å². The SMILES string of the molecule is Cc1ccc(C(O)CCN2CCC(C)(O)CC2)cc1F. The minimum absolute atomic E-state index is 0.268. The van der Waals surface area contributed by atoms with Gasteiger partial charge in [-0.15, -0.1) is 0 Å². The Kier molecular flexibility index (Phi) is 4.78. The van der Waals surface area contributed by atoms with Gasteiger partial charge in [0.1, 0.15) is 5.82 Å². The van der Waals surface area contributed by atoms with Crippen LogP contribution in [-0.2, 0) is 0 Å². The third-order valence-electron chi connectivity index (χ3n) is 4.23. The summed E-state index contributed by atoms with van der Waals surface area (Å²) in [6.07, 6.45) is 1.49. The lowest BCUT2D eigenvalue weighted by molar-refractivity contribution is -0.00814. The molecule has 112 valence electrons. The molecule has 0 amide bonds. The van der Waals surface area contributed by atoms with Gasteiger partial charge in [0.2, 0.25) is 0 Å². The molecule has 0 saturated carbocycles. The van der Waals surface area contributed by atoms with E-state index in [0.717, 1.165) is 32.5 Å². The van der Waals surface area contributed by atoms with E-state index in [0.29, 0.717) is 17.5 Å². The Labute approximate surface area is 120 Å². The van der Waals surface area contributed by atoms with Gasteiger partial charge >= 0.3 is 0 Å². The third-order valence-corrected chi connectivity index (χ3v) is 4.23. The highest BCUT2D eigenvalue weighted by Gasteiger charge is 2.27. The largest absolute Gasteiger partial charge is 0.390 e. The minimum atomic E-state index is -0.632. The lowest BCUT2D eigenvalue weighted by atomic mass is 9.93. The predicted molar refractivity (Wildman–Crippen MR) is 77.0 cm³/mol. The number of hydrogen-bond donors (Lipinski definition) is 2. The Morgan fingerprint density at radius 1 is 1.35 bits per heavy atom. The maximum Gasteiger partial charge on any atom is 0.126 e. The summed E-state index contributed by atoms with van der Waals surface area (Å²) < 4.78 is 13.5. The summed E-state index contributed by atoms with van der Waals surface area (Å²) in [5.74, 6) is -0.268. The number of aryl methyl sites for hydroxylation is 1. The van der Waals surface area contributed by atoms with Gasteiger partial charge < -0.3 is 15.1 Å². The van der Waals surface area contributed by atoms with Gasteiger partial charge in [0.25, 0.3) is 0 Å². The van der Waals surface area contributed by atoms with E-state index in [2.05, 4.69) is 4.90 Å². The number of hydrogen-bond acceptors (Lipinski definition) is 3. The molecule has 2 N–H and O–H groups in total. The van der Waals surface area contributed by atoms with E-state index in [-0.39, 0.29) is 5.82 Å². The molecule has 1 fully saturated rings. The first kappa shape index (κ1) is 15.4. The highest BCUT2D eigenvalue weighted by atomic mass is 19.1. The van der Waals surface area contributed by atoms with Crippen molar-refractivity contribution in [3.8, 4) is 0 Å². The van der Waals surface area contributed by atoms with Gasteiger partial charge in [0.05, 0.1) is 11.7 Å². The van der Waals surface area contributed by atoms with Crippen molar-refractivity contribution in [1.29, 1.82) is 0 Å². The molecule has 2 rings (SSSR count). The summed E-state index contributed by atoms with van der Waals surface area (Å²) in [5, 5.41) is 20.0. The molecule has 0 bridgehead atoms. The first-order valence-corrected chi connectivity index (χ1v) is 7.26. The Morgan fingerprint density at radius 3 is 2.60 bits per heavy atom. The molecule has 1 aromatic carbocycles. The molecular formula is C16H24FNO2. The van der Waals surface area contributed by atoms with Crippen LogP contribution in [0.5, 0.6) is 0 Å². The summed E-state index contributed by atoms with van der Waals surface area (Å²) in [6.45, 7) is 6.05. The summed E-state index contributed by atoms with van der Waals surface area (Å²) >= 11 is 0. The van der Waals surface area contributed by atoms with Gasteiger partial charge in [-0.3, -0.25) is 0 Å². The molecule has 1 atom stereocenters. The Morgan fingerprint density at radius 2 is 2.00 bits per heavy atom. The van der Waals surface area contributed by atoms with Crippen molar-refractivity contribution in [3.05, 3.63) is 35.1 Å². The fourth-order valence-corrected chi connectivity index (χ4v) is 2.55. The smallest absolute Gasteiger partial charge is 0.126 e. The number of rotatable bonds is 4. The molecule has 0 aliphatic carbocycles. The number of likely N-dealkylation sites (tertiary alicyclic amines) is 1. The van der Waals surface area contributed by atoms with Crippen molar-refractivity contribution in [3.63, 3.8) is 0 Å². The monoisotopic (exact) mass is 281 g/mol. The number of benzene rings is 1. The third kappa shape index (κ3) is 4.01. The van der Waals surface area contributed by atoms with Crippen LogP contribution >= 0.6 is 0 Å². The predicted octanol–water partition coefficient (Wildman–Crippen LogP) is 2.40. The summed E-state index contributed by atoms with van der Waals surface area (Å²) in [6, 6.07) is 4.90. The van der Waals surface area contributed by atoms with E-state index < -0.39 is 11.7 Å². The first-order chi connectivity index (χ1) is 9.37. The van der Waals surface area contributed by atoms with Gasteiger partial charge in [-0.25, -0.2) is 4.39 Å². The van der Waals surface area contributed by atoms with Crippen LogP contribution in [0, 0.1) is 12.7 Å². The summed E-state index contributed by atoms with van der Waals surface area (Å²) in [7, 11) is 0. The standard InChI is InChI=1S/C16H24FNO2/c1-12-3-4-13(11-14(12)17)15(19)5-8-18-9-6-16(2,20)7-10-18/h3-4,11,15,19-20H,5-10H2,1-2H3. The zero-order chi connectivity index (χ0) is 14.8. The van der Waals surface area contributed by atoms with Crippen molar-refractivity contribution in [2.45, 2.75) is 44.8 Å². The molecule has 20 heavy (non-hydrogen) atoms. The van der Waals surface area contributed by atoms with Crippen molar-refractivity contribution in [2.24, 2.45) is 0 Å². The van der Waals surface area contributed by atoms with Crippen LogP contribution in [0.2, 0.25) is 0 Å². The highest BCUT2D eigenvalue weighted by Crippen LogP contribution is 2.23. The normalized spacial score (nSPS) is 20.9. The number of piperidine rings is 1. The fourth-order valence-electron chi connectivity index (χ4n) is 2.55. The summed E-state index contributed by atoms with van der Waals surface area (Å²) in [4.78, 5) is 2.24. The number of nitrogens with zero attached hydrogens (tertiary/aromatic N) is 1. The molecule has 1 aliphatic rings. The van der Waals surface area contributed by atoms with Crippen molar-refractivity contribution in [1.82, 2.24) is 4.90 Å². The second kappa shape index (κ2) is 6.20. The second-order valence-corrected chi connectivity index (χ2v) is 6.15. The molecule has 4 heteroatoms. The van der Waals surface area contributed by atoms with E-state index in [4.69, 9.17) is 0 Å². The van der Waals surface area contributed by atoms with Crippen LogP contribution in [0.1, 0.15) is 43.4 Å². The maximum absolute atomic E-state index is 13.5. The molecule has 1 unspecified atom stereocenters. The molecule has 0 spiro atoms. The van der Waals surface area contributed by atoms with Crippen LogP contribution in [0.15, 0.2) is 18.2 Å². The molecule has 1 aromatic rings. The Hall–Kier alpha value is -0.970. The first-order valence-electron chi connectivity index (χ1n) is 7.26. The van der Waals surface area contributed by atoms with Crippen LogP contribution in [-0.4, -0.2) is 40.3 Å². The number of halogens is 1. The highest BCUT2D eigenvalue weighted by molar-refractivity contribution is 5.24. The van der Waals surface area contributed by atoms with Crippen molar-refractivity contribution >= 4 is 0 Å². The summed E-state index contributed by atoms with van der Waals surface area (Å²) in [5.41, 5.74) is 0.686. The van der Waals surface area contributed by atoms with Gasteiger partial charge in [-0.2, -0.15) is 0 Å². The molecule has 1 aliphatic heterocycles. The van der Waals surface area contributed by atoms with Gasteiger partial charge in [-0.1, -0.05) is 12.1 Å². The molecular weight excluding hydrogens is 257 g/mol. The van der Waals surface area contributed by atoms with Crippen LogP contribution < -0.4 is 0 Å².